The smallest absolute Gasteiger partial charge is 0.0343 e. The number of fused-ring (bicyclic) bond motifs is 2. The summed E-state index contributed by atoms with van der Waals surface area (Å²) in [4.78, 5) is 5.01. The van der Waals surface area contributed by atoms with Crippen LogP contribution in [0.1, 0.15) is 25.7 Å². The van der Waals surface area contributed by atoms with Gasteiger partial charge in [-0.25, -0.2) is 0 Å². The lowest BCUT2D eigenvalue weighted by Crippen LogP contribution is -2.42. The molecule has 2 fully saturated rings. The predicted molar refractivity (Wildman–Crippen MR) is 72.0 cm³/mol. The Morgan fingerprint density at radius 1 is 1.00 bits per heavy atom. The van der Waals surface area contributed by atoms with Crippen LogP contribution in [0.25, 0.3) is 0 Å². The molecule has 1 aliphatic carbocycles. The first kappa shape index (κ1) is 11.5. The summed E-state index contributed by atoms with van der Waals surface area (Å²) in [6.45, 7) is 3.73. The van der Waals surface area contributed by atoms with Gasteiger partial charge in [-0.05, 0) is 63.4 Å². The zero-order valence-electron chi connectivity index (χ0n) is 11.2. The van der Waals surface area contributed by atoms with E-state index in [2.05, 4.69) is 36.0 Å². The second-order valence-corrected chi connectivity index (χ2v) is 5.96. The van der Waals surface area contributed by atoms with Gasteiger partial charge in [0.05, 0.1) is 0 Å². The van der Waals surface area contributed by atoms with E-state index in [9.17, 15) is 0 Å². The molecule has 0 spiro atoms. The van der Waals surface area contributed by atoms with Crippen molar-refractivity contribution in [3.8, 4) is 0 Å². The summed E-state index contributed by atoms with van der Waals surface area (Å²) in [5, 5.41) is 0. The lowest BCUT2D eigenvalue weighted by Gasteiger charge is -2.39. The average molecular weight is 232 g/mol. The van der Waals surface area contributed by atoms with E-state index >= 15 is 0 Å². The van der Waals surface area contributed by atoms with Crippen molar-refractivity contribution in [1.29, 1.82) is 0 Å². The van der Waals surface area contributed by atoms with Gasteiger partial charge in [-0.15, -0.1) is 0 Å². The third-order valence-corrected chi connectivity index (χ3v) is 4.72. The highest BCUT2D eigenvalue weighted by Crippen LogP contribution is 2.35. The van der Waals surface area contributed by atoms with E-state index in [-0.39, 0.29) is 0 Å². The fraction of sp³-hybridized carbons (Fsp3) is 0.733. The van der Waals surface area contributed by atoms with Crippen LogP contribution >= 0.6 is 0 Å². The topological polar surface area (TPSA) is 6.48 Å². The minimum atomic E-state index is 0.686. The lowest BCUT2D eigenvalue weighted by atomic mass is 9.80. The molecule has 3 aliphatic rings. The van der Waals surface area contributed by atoms with Gasteiger partial charge in [0.2, 0.25) is 0 Å². The Balaban J connectivity index is 1.86. The number of hydrogen-bond acceptors (Lipinski definition) is 2. The third-order valence-electron chi connectivity index (χ3n) is 4.72. The van der Waals surface area contributed by atoms with Crippen molar-refractivity contribution < 1.29 is 0 Å². The standard InChI is InChI=1S/C15H24N2/c1-16-8-5-12-10-14-4-3-7-17(2)15(14)11-13(12)6-9-16/h10-11,14-15H,3-9H2,1-2H3. The predicted octanol–water partition coefficient (Wildman–Crippen LogP) is 2.29. The van der Waals surface area contributed by atoms with Gasteiger partial charge >= 0.3 is 0 Å². The van der Waals surface area contributed by atoms with Crippen LogP contribution in [0.4, 0.5) is 0 Å². The van der Waals surface area contributed by atoms with Gasteiger partial charge in [-0.1, -0.05) is 12.2 Å². The number of hydrogen-bond donors (Lipinski definition) is 0. The minimum absolute atomic E-state index is 0.686. The van der Waals surface area contributed by atoms with E-state index in [0.29, 0.717) is 6.04 Å². The Bertz CT molecular complexity index is 356. The molecular formula is C15H24N2. The monoisotopic (exact) mass is 232 g/mol. The summed E-state index contributed by atoms with van der Waals surface area (Å²) in [7, 11) is 4.53. The summed E-state index contributed by atoms with van der Waals surface area (Å²) >= 11 is 0. The van der Waals surface area contributed by atoms with Crippen LogP contribution in [0, 0.1) is 5.92 Å². The van der Waals surface area contributed by atoms with Crippen molar-refractivity contribution in [3.05, 3.63) is 23.3 Å². The molecule has 0 N–H and O–H groups in total. The quantitative estimate of drug-likeness (QED) is 0.632. The molecule has 2 atom stereocenters. The second kappa shape index (κ2) is 4.58. The molecule has 0 radical (unpaired) electrons. The fourth-order valence-electron chi connectivity index (χ4n) is 3.56. The third kappa shape index (κ3) is 2.21. The first-order chi connectivity index (χ1) is 8.24. The molecule has 2 aliphatic heterocycles. The van der Waals surface area contributed by atoms with Gasteiger partial charge in [0.15, 0.2) is 0 Å². The Kier molecular flexibility index (Phi) is 3.10. The van der Waals surface area contributed by atoms with E-state index in [1.807, 2.05) is 0 Å². The molecule has 17 heavy (non-hydrogen) atoms. The van der Waals surface area contributed by atoms with E-state index in [0.717, 1.165) is 5.92 Å². The maximum absolute atomic E-state index is 2.61. The van der Waals surface area contributed by atoms with Crippen molar-refractivity contribution in [2.24, 2.45) is 5.92 Å². The van der Waals surface area contributed by atoms with Crippen LogP contribution in [0.5, 0.6) is 0 Å². The molecular weight excluding hydrogens is 208 g/mol. The molecule has 0 aromatic carbocycles. The van der Waals surface area contributed by atoms with Gasteiger partial charge in [0.1, 0.15) is 0 Å². The van der Waals surface area contributed by atoms with Gasteiger partial charge in [-0.2, -0.15) is 0 Å². The van der Waals surface area contributed by atoms with Gasteiger partial charge in [-0.3, -0.25) is 4.90 Å². The fourth-order valence-corrected chi connectivity index (χ4v) is 3.56. The van der Waals surface area contributed by atoms with Gasteiger partial charge in [0, 0.05) is 19.1 Å². The molecule has 2 saturated heterocycles. The van der Waals surface area contributed by atoms with Crippen molar-refractivity contribution in [2.45, 2.75) is 31.7 Å². The molecule has 2 heteroatoms. The largest absolute Gasteiger partial charge is 0.306 e. The molecule has 0 bridgehead atoms. The highest BCUT2D eigenvalue weighted by atomic mass is 15.1. The highest BCUT2D eigenvalue weighted by Gasteiger charge is 2.30. The summed E-state index contributed by atoms with van der Waals surface area (Å²) in [6, 6.07) is 0.686. The normalized spacial score (nSPS) is 35.4. The minimum Gasteiger partial charge on any atom is -0.306 e. The van der Waals surface area contributed by atoms with E-state index in [1.54, 1.807) is 11.1 Å². The number of nitrogens with zero attached hydrogens (tertiary/aromatic N) is 2. The first-order valence-electron chi connectivity index (χ1n) is 7.04. The first-order valence-corrected chi connectivity index (χ1v) is 7.04. The van der Waals surface area contributed by atoms with Crippen molar-refractivity contribution in [1.82, 2.24) is 9.80 Å². The van der Waals surface area contributed by atoms with Crippen molar-refractivity contribution in [2.75, 3.05) is 33.7 Å². The number of piperidine rings is 1. The van der Waals surface area contributed by atoms with Crippen LogP contribution in [-0.4, -0.2) is 49.6 Å². The maximum Gasteiger partial charge on any atom is 0.0343 e. The van der Waals surface area contributed by atoms with Gasteiger partial charge in [0.25, 0.3) is 0 Å². The molecule has 2 nitrogen and oxygen atoms in total. The molecule has 3 rings (SSSR count). The lowest BCUT2D eigenvalue weighted by molar-refractivity contribution is 0.178. The van der Waals surface area contributed by atoms with Crippen molar-refractivity contribution >= 4 is 0 Å². The molecule has 2 heterocycles. The zero-order valence-corrected chi connectivity index (χ0v) is 11.2. The summed E-state index contributed by atoms with van der Waals surface area (Å²) in [5.74, 6) is 0.788. The Hall–Kier alpha value is -0.600. The van der Waals surface area contributed by atoms with Crippen LogP contribution in [0.3, 0.4) is 0 Å². The summed E-state index contributed by atoms with van der Waals surface area (Å²) in [6.07, 6.45) is 10.4. The van der Waals surface area contributed by atoms with Gasteiger partial charge < -0.3 is 4.90 Å². The Labute approximate surface area is 105 Å². The number of likely N-dealkylation sites (tertiary alicyclic amines) is 2. The van der Waals surface area contributed by atoms with E-state index < -0.39 is 0 Å². The SMILES string of the molecule is CN1CCC2=CC3CCCN(C)C3C=C2CC1. The van der Waals surface area contributed by atoms with E-state index in [4.69, 9.17) is 0 Å². The molecule has 94 valence electrons. The number of likely N-dealkylation sites (N-methyl/N-ethyl adjacent to an activating group) is 1. The van der Waals surface area contributed by atoms with Crippen LogP contribution in [0.15, 0.2) is 23.3 Å². The van der Waals surface area contributed by atoms with Crippen molar-refractivity contribution in [3.63, 3.8) is 0 Å². The average Bonchev–Trinajstić information content (AvgIpc) is 2.51. The molecule has 2 unspecified atom stereocenters. The van der Waals surface area contributed by atoms with E-state index in [1.165, 1.54) is 45.3 Å². The second-order valence-electron chi connectivity index (χ2n) is 5.96. The highest BCUT2D eigenvalue weighted by molar-refractivity contribution is 5.38. The molecule has 0 aromatic heterocycles. The maximum atomic E-state index is 2.61. The summed E-state index contributed by atoms with van der Waals surface area (Å²) in [5.41, 5.74) is 3.30. The molecule has 0 amide bonds. The Morgan fingerprint density at radius 3 is 2.47 bits per heavy atom. The summed E-state index contributed by atoms with van der Waals surface area (Å²) < 4.78 is 0. The number of rotatable bonds is 0. The molecule has 0 saturated carbocycles. The van der Waals surface area contributed by atoms with Crippen LogP contribution < -0.4 is 0 Å². The van der Waals surface area contributed by atoms with Crippen LogP contribution in [0.2, 0.25) is 0 Å². The van der Waals surface area contributed by atoms with Crippen LogP contribution in [-0.2, 0) is 0 Å². The molecule has 0 aromatic rings. The zero-order chi connectivity index (χ0) is 11.8. The Morgan fingerprint density at radius 2 is 1.71 bits per heavy atom.